The Bertz CT molecular complexity index is 823. The fraction of sp³-hybridized carbons (Fsp3) is 0.316. The van der Waals surface area contributed by atoms with Gasteiger partial charge in [0.2, 0.25) is 0 Å². The summed E-state index contributed by atoms with van der Waals surface area (Å²) < 4.78 is 5.41. The van der Waals surface area contributed by atoms with Gasteiger partial charge >= 0.3 is 0 Å². The second-order valence-corrected chi connectivity index (χ2v) is 6.68. The molecule has 1 aliphatic heterocycles. The highest BCUT2D eigenvalue weighted by molar-refractivity contribution is 6.34. The van der Waals surface area contributed by atoms with Crippen molar-refractivity contribution in [2.75, 3.05) is 29.9 Å². The smallest absolute Gasteiger partial charge is 0.294 e. The predicted molar refractivity (Wildman–Crippen MR) is 105 cm³/mol. The molecule has 0 aliphatic carbocycles. The first-order valence-electron chi connectivity index (χ1n) is 8.75. The number of halogens is 1. The van der Waals surface area contributed by atoms with E-state index in [1.54, 1.807) is 18.2 Å². The number of hydrogen-bond acceptors (Lipinski definition) is 5. The molecule has 142 valence electrons. The molecular formula is C19H20ClN3O4. The lowest BCUT2D eigenvalue weighted by molar-refractivity contribution is -0.384. The number of hydrogen-bond donors (Lipinski definition) is 1. The Morgan fingerprint density at radius 3 is 2.56 bits per heavy atom. The van der Waals surface area contributed by atoms with Crippen molar-refractivity contribution in [2.45, 2.75) is 19.3 Å². The Labute approximate surface area is 162 Å². The molecule has 3 rings (SSSR count). The molecule has 1 fully saturated rings. The molecule has 2 aromatic rings. The van der Waals surface area contributed by atoms with Crippen LogP contribution in [0.25, 0.3) is 0 Å². The van der Waals surface area contributed by atoms with Crippen LogP contribution in [0.3, 0.4) is 0 Å². The zero-order valence-electron chi connectivity index (χ0n) is 14.7. The van der Waals surface area contributed by atoms with Gasteiger partial charge in [-0.25, -0.2) is 0 Å². The van der Waals surface area contributed by atoms with Crippen LogP contribution in [-0.2, 0) is 4.79 Å². The number of ether oxygens (including phenoxy) is 1. The molecular weight excluding hydrogens is 370 g/mol. The molecule has 1 saturated heterocycles. The molecule has 1 N–H and O–H groups in total. The van der Waals surface area contributed by atoms with Crippen molar-refractivity contribution >= 4 is 34.6 Å². The molecule has 0 radical (unpaired) electrons. The number of piperidine rings is 1. The van der Waals surface area contributed by atoms with Crippen LogP contribution in [-0.4, -0.2) is 30.5 Å². The van der Waals surface area contributed by atoms with Crippen molar-refractivity contribution in [3.05, 3.63) is 57.6 Å². The number of anilines is 2. The third-order valence-electron chi connectivity index (χ3n) is 4.34. The van der Waals surface area contributed by atoms with Gasteiger partial charge in [0, 0.05) is 19.2 Å². The molecule has 0 atom stereocenters. The van der Waals surface area contributed by atoms with Crippen LogP contribution < -0.4 is 15.0 Å². The number of rotatable bonds is 6. The van der Waals surface area contributed by atoms with Crippen LogP contribution in [0.2, 0.25) is 5.02 Å². The van der Waals surface area contributed by atoms with Crippen LogP contribution in [0.4, 0.5) is 17.1 Å². The standard InChI is InChI=1S/C19H20ClN3O4/c20-15-11-18(23(25)26)17(22-9-5-2-6-10-22)12-16(15)21-19(24)13-27-14-7-3-1-4-8-14/h1,3-4,7-8,11-12H,2,5-6,9-10,13H2,(H,21,24). The number of amides is 1. The number of carbonyl (C=O) groups is 1. The Hall–Kier alpha value is -2.80. The summed E-state index contributed by atoms with van der Waals surface area (Å²) in [6, 6.07) is 11.8. The number of nitrogens with one attached hydrogen (secondary N) is 1. The molecule has 2 aromatic carbocycles. The summed E-state index contributed by atoms with van der Waals surface area (Å²) in [5, 5.41) is 14.2. The van der Waals surface area contributed by atoms with Gasteiger partial charge in [-0.3, -0.25) is 14.9 Å². The average Bonchev–Trinajstić information content (AvgIpc) is 2.69. The number of para-hydroxylation sites is 1. The summed E-state index contributed by atoms with van der Waals surface area (Å²) in [6.45, 7) is 1.30. The monoisotopic (exact) mass is 389 g/mol. The largest absolute Gasteiger partial charge is 0.484 e. The molecule has 0 saturated carbocycles. The highest BCUT2D eigenvalue weighted by atomic mass is 35.5. The molecule has 0 spiro atoms. The topological polar surface area (TPSA) is 84.7 Å². The highest BCUT2D eigenvalue weighted by Crippen LogP contribution is 2.37. The van der Waals surface area contributed by atoms with Gasteiger partial charge in [-0.15, -0.1) is 0 Å². The Kier molecular flexibility index (Phi) is 6.13. The number of nitrogens with zero attached hydrogens (tertiary/aromatic N) is 2. The summed E-state index contributed by atoms with van der Waals surface area (Å²) in [6.07, 6.45) is 3.07. The molecule has 7 nitrogen and oxygen atoms in total. The quantitative estimate of drug-likeness (QED) is 0.589. The Morgan fingerprint density at radius 1 is 1.19 bits per heavy atom. The van der Waals surface area contributed by atoms with Gasteiger partial charge in [-0.1, -0.05) is 29.8 Å². The Balaban J connectivity index is 1.76. The van der Waals surface area contributed by atoms with Gasteiger partial charge in [0.1, 0.15) is 11.4 Å². The van der Waals surface area contributed by atoms with Crippen LogP contribution in [0, 0.1) is 10.1 Å². The fourth-order valence-electron chi connectivity index (χ4n) is 3.03. The molecule has 1 heterocycles. The van der Waals surface area contributed by atoms with Gasteiger partial charge in [-0.2, -0.15) is 0 Å². The minimum Gasteiger partial charge on any atom is -0.484 e. The van der Waals surface area contributed by atoms with Gasteiger partial charge in [0.25, 0.3) is 11.6 Å². The fourth-order valence-corrected chi connectivity index (χ4v) is 3.24. The van der Waals surface area contributed by atoms with E-state index in [-0.39, 0.29) is 23.2 Å². The van der Waals surface area contributed by atoms with E-state index in [0.717, 1.165) is 32.4 Å². The number of nitro benzene ring substituents is 1. The van der Waals surface area contributed by atoms with Crippen molar-refractivity contribution in [2.24, 2.45) is 0 Å². The summed E-state index contributed by atoms with van der Waals surface area (Å²) in [5.41, 5.74) is 0.758. The summed E-state index contributed by atoms with van der Waals surface area (Å²) in [4.78, 5) is 25.1. The third-order valence-corrected chi connectivity index (χ3v) is 4.66. The zero-order chi connectivity index (χ0) is 19.2. The second kappa shape index (κ2) is 8.73. The molecule has 8 heteroatoms. The van der Waals surface area contributed by atoms with E-state index in [9.17, 15) is 14.9 Å². The van der Waals surface area contributed by atoms with Crippen LogP contribution >= 0.6 is 11.6 Å². The van der Waals surface area contributed by atoms with E-state index in [1.165, 1.54) is 6.07 Å². The molecule has 0 aromatic heterocycles. The van der Waals surface area contributed by atoms with Crippen molar-refractivity contribution < 1.29 is 14.5 Å². The lowest BCUT2D eigenvalue weighted by atomic mass is 10.1. The summed E-state index contributed by atoms with van der Waals surface area (Å²) >= 11 is 6.17. The van der Waals surface area contributed by atoms with Crippen LogP contribution in [0.15, 0.2) is 42.5 Å². The normalized spacial score (nSPS) is 13.9. The van der Waals surface area contributed by atoms with Crippen LogP contribution in [0.5, 0.6) is 5.75 Å². The maximum absolute atomic E-state index is 12.2. The van der Waals surface area contributed by atoms with Crippen LogP contribution in [0.1, 0.15) is 19.3 Å². The van der Waals surface area contributed by atoms with E-state index in [2.05, 4.69) is 5.32 Å². The third kappa shape index (κ3) is 4.89. The predicted octanol–water partition coefficient (Wildman–Crippen LogP) is 4.26. The zero-order valence-corrected chi connectivity index (χ0v) is 15.4. The van der Waals surface area contributed by atoms with Gasteiger partial charge in [-0.05, 0) is 37.5 Å². The van der Waals surface area contributed by atoms with E-state index in [1.807, 2.05) is 23.1 Å². The average molecular weight is 390 g/mol. The SMILES string of the molecule is O=C(COc1ccccc1)Nc1cc(N2CCCCC2)c([N+](=O)[O-])cc1Cl. The second-order valence-electron chi connectivity index (χ2n) is 6.28. The molecule has 27 heavy (non-hydrogen) atoms. The number of carbonyl (C=O) groups excluding carboxylic acids is 1. The minimum absolute atomic E-state index is 0.0552. The Morgan fingerprint density at radius 2 is 1.89 bits per heavy atom. The highest BCUT2D eigenvalue weighted by Gasteiger charge is 2.24. The summed E-state index contributed by atoms with van der Waals surface area (Å²) in [7, 11) is 0. The molecule has 0 unspecified atom stereocenters. The van der Waals surface area contributed by atoms with Crippen molar-refractivity contribution in [1.82, 2.24) is 0 Å². The van der Waals surface area contributed by atoms with Gasteiger partial charge in [0.15, 0.2) is 6.61 Å². The number of benzene rings is 2. The van der Waals surface area contributed by atoms with Gasteiger partial charge < -0.3 is 15.0 Å². The maximum atomic E-state index is 12.2. The van der Waals surface area contributed by atoms with Crippen molar-refractivity contribution in [3.63, 3.8) is 0 Å². The first-order chi connectivity index (χ1) is 13.0. The molecule has 0 bridgehead atoms. The lowest BCUT2D eigenvalue weighted by Gasteiger charge is -2.29. The van der Waals surface area contributed by atoms with E-state index < -0.39 is 4.92 Å². The van der Waals surface area contributed by atoms with Crippen molar-refractivity contribution in [1.29, 1.82) is 0 Å². The maximum Gasteiger partial charge on any atom is 0.294 e. The van der Waals surface area contributed by atoms with E-state index in [0.29, 0.717) is 17.1 Å². The molecule has 1 aliphatic rings. The van der Waals surface area contributed by atoms with E-state index >= 15 is 0 Å². The summed E-state index contributed by atoms with van der Waals surface area (Å²) in [5.74, 6) is 0.190. The first-order valence-corrected chi connectivity index (χ1v) is 9.13. The van der Waals surface area contributed by atoms with Crippen molar-refractivity contribution in [3.8, 4) is 5.75 Å². The minimum atomic E-state index is -0.445. The molecule has 1 amide bonds. The first kappa shape index (κ1) is 19.0. The number of nitro groups is 1. The van der Waals surface area contributed by atoms with E-state index in [4.69, 9.17) is 16.3 Å². The lowest BCUT2D eigenvalue weighted by Crippen LogP contribution is -2.30. The van der Waals surface area contributed by atoms with Gasteiger partial charge in [0.05, 0.1) is 15.6 Å².